The van der Waals surface area contributed by atoms with E-state index >= 15 is 0 Å². The average molecular weight is 264 g/mol. The van der Waals surface area contributed by atoms with Crippen molar-refractivity contribution < 1.29 is 4.79 Å². The van der Waals surface area contributed by atoms with Crippen LogP contribution in [0, 0.1) is 0 Å². The Morgan fingerprint density at radius 1 is 1.21 bits per heavy atom. The number of hydrogen-bond acceptors (Lipinski definition) is 2. The van der Waals surface area contributed by atoms with Crippen LogP contribution in [0.4, 0.5) is 10.5 Å². The molecule has 0 spiro atoms. The largest absolute Gasteiger partial charge is 0.325 e. The third-order valence-corrected chi connectivity index (χ3v) is 3.53. The Balaban J connectivity index is 1.91. The van der Waals surface area contributed by atoms with Crippen LogP contribution in [-0.2, 0) is 0 Å². The van der Waals surface area contributed by atoms with E-state index in [0.717, 1.165) is 31.6 Å². The summed E-state index contributed by atoms with van der Waals surface area (Å²) < 4.78 is 1.85. The SMILES string of the molecule is CC(C)n1cc(NC(=O)N2CCCCCCC2)cn1. The number of nitrogens with one attached hydrogen (secondary N) is 1. The molecule has 0 bridgehead atoms. The number of aromatic nitrogens is 2. The topological polar surface area (TPSA) is 50.2 Å². The number of anilines is 1. The third kappa shape index (κ3) is 3.98. The summed E-state index contributed by atoms with van der Waals surface area (Å²) in [6.45, 7) is 5.86. The van der Waals surface area contributed by atoms with Crippen LogP contribution in [0.1, 0.15) is 52.0 Å². The summed E-state index contributed by atoms with van der Waals surface area (Å²) in [4.78, 5) is 14.1. The predicted molar refractivity (Wildman–Crippen MR) is 76.3 cm³/mol. The van der Waals surface area contributed by atoms with E-state index in [1.54, 1.807) is 6.20 Å². The first-order valence-electron chi connectivity index (χ1n) is 7.27. The monoisotopic (exact) mass is 264 g/mol. The van der Waals surface area contributed by atoms with Gasteiger partial charge < -0.3 is 10.2 Å². The van der Waals surface area contributed by atoms with Gasteiger partial charge in [0.05, 0.1) is 11.9 Å². The lowest BCUT2D eigenvalue weighted by molar-refractivity contribution is 0.206. The Hall–Kier alpha value is -1.52. The van der Waals surface area contributed by atoms with Crippen molar-refractivity contribution in [1.29, 1.82) is 0 Å². The maximum absolute atomic E-state index is 12.2. The molecule has 1 saturated heterocycles. The molecule has 1 aromatic heterocycles. The van der Waals surface area contributed by atoms with Crippen LogP contribution in [-0.4, -0.2) is 33.8 Å². The van der Waals surface area contributed by atoms with Crippen molar-refractivity contribution >= 4 is 11.7 Å². The molecule has 1 N–H and O–H groups in total. The van der Waals surface area contributed by atoms with E-state index in [-0.39, 0.29) is 6.03 Å². The highest BCUT2D eigenvalue weighted by molar-refractivity contribution is 5.89. The van der Waals surface area contributed by atoms with Gasteiger partial charge in [0.25, 0.3) is 0 Å². The summed E-state index contributed by atoms with van der Waals surface area (Å²) >= 11 is 0. The molecule has 2 rings (SSSR count). The van der Waals surface area contributed by atoms with E-state index in [1.165, 1.54) is 19.3 Å². The zero-order valence-electron chi connectivity index (χ0n) is 11.9. The number of nitrogens with zero attached hydrogens (tertiary/aromatic N) is 3. The highest BCUT2D eigenvalue weighted by atomic mass is 16.2. The fraction of sp³-hybridized carbons (Fsp3) is 0.714. The van der Waals surface area contributed by atoms with E-state index in [1.807, 2.05) is 15.8 Å². The van der Waals surface area contributed by atoms with Gasteiger partial charge in [-0.15, -0.1) is 0 Å². The van der Waals surface area contributed by atoms with Crippen LogP contribution < -0.4 is 5.32 Å². The van der Waals surface area contributed by atoms with Crippen molar-refractivity contribution in [1.82, 2.24) is 14.7 Å². The molecule has 0 unspecified atom stereocenters. The van der Waals surface area contributed by atoms with Crippen molar-refractivity contribution in [2.24, 2.45) is 0 Å². The second kappa shape index (κ2) is 6.59. The van der Waals surface area contributed by atoms with Gasteiger partial charge in [0, 0.05) is 25.3 Å². The first-order valence-corrected chi connectivity index (χ1v) is 7.27. The molecule has 0 aromatic carbocycles. The second-order valence-electron chi connectivity index (χ2n) is 5.49. The number of hydrogen-bond donors (Lipinski definition) is 1. The van der Waals surface area contributed by atoms with Crippen molar-refractivity contribution in [3.63, 3.8) is 0 Å². The Morgan fingerprint density at radius 3 is 2.42 bits per heavy atom. The molecular formula is C14H24N4O. The number of carbonyl (C=O) groups excluding carboxylic acids is 1. The summed E-state index contributed by atoms with van der Waals surface area (Å²) in [7, 11) is 0. The first-order chi connectivity index (χ1) is 9.16. The van der Waals surface area contributed by atoms with E-state index < -0.39 is 0 Å². The lowest BCUT2D eigenvalue weighted by atomic mass is 10.1. The maximum atomic E-state index is 12.2. The summed E-state index contributed by atoms with van der Waals surface area (Å²) in [5.74, 6) is 0. The van der Waals surface area contributed by atoms with Crippen LogP contribution in [0.15, 0.2) is 12.4 Å². The van der Waals surface area contributed by atoms with Gasteiger partial charge in [-0.05, 0) is 26.7 Å². The number of amides is 2. The summed E-state index contributed by atoms with van der Waals surface area (Å²) in [6.07, 6.45) is 9.58. The van der Waals surface area contributed by atoms with E-state index in [4.69, 9.17) is 0 Å². The highest BCUT2D eigenvalue weighted by Gasteiger charge is 2.15. The minimum atomic E-state index is 0.00482. The lowest BCUT2D eigenvalue weighted by Gasteiger charge is -2.24. The number of rotatable bonds is 2. The predicted octanol–water partition coefficient (Wildman–Crippen LogP) is 3.26. The number of likely N-dealkylation sites (tertiary alicyclic amines) is 1. The molecule has 2 amide bonds. The quantitative estimate of drug-likeness (QED) is 0.891. The van der Waals surface area contributed by atoms with E-state index in [0.29, 0.717) is 6.04 Å². The van der Waals surface area contributed by atoms with Crippen molar-refractivity contribution in [3.8, 4) is 0 Å². The van der Waals surface area contributed by atoms with E-state index in [9.17, 15) is 4.79 Å². The van der Waals surface area contributed by atoms with Crippen LogP contribution in [0.2, 0.25) is 0 Å². The highest BCUT2D eigenvalue weighted by Crippen LogP contribution is 2.14. The Kier molecular flexibility index (Phi) is 4.82. The smallest absolute Gasteiger partial charge is 0.321 e. The standard InChI is InChI=1S/C14H24N4O/c1-12(2)18-11-13(10-15-18)16-14(19)17-8-6-4-3-5-7-9-17/h10-12H,3-9H2,1-2H3,(H,16,19). The molecule has 0 radical (unpaired) electrons. The molecule has 5 heteroatoms. The van der Waals surface area contributed by atoms with Gasteiger partial charge in [0.1, 0.15) is 0 Å². The zero-order chi connectivity index (χ0) is 13.7. The van der Waals surface area contributed by atoms with Gasteiger partial charge in [-0.1, -0.05) is 19.3 Å². The fourth-order valence-electron chi connectivity index (χ4n) is 2.34. The normalized spacial score (nSPS) is 17.1. The summed E-state index contributed by atoms with van der Waals surface area (Å²) in [6, 6.07) is 0.317. The molecular weight excluding hydrogens is 240 g/mol. The Morgan fingerprint density at radius 2 is 1.84 bits per heavy atom. The molecule has 0 saturated carbocycles. The average Bonchev–Trinajstić information content (AvgIpc) is 2.76. The second-order valence-corrected chi connectivity index (χ2v) is 5.49. The number of carbonyl (C=O) groups is 1. The van der Waals surface area contributed by atoms with Gasteiger partial charge in [-0.25, -0.2) is 4.79 Å². The Bertz CT molecular complexity index is 405. The molecule has 0 aliphatic carbocycles. The molecule has 106 valence electrons. The van der Waals surface area contributed by atoms with Crippen molar-refractivity contribution in [2.45, 2.75) is 52.0 Å². The lowest BCUT2D eigenvalue weighted by Crippen LogP contribution is -2.37. The van der Waals surface area contributed by atoms with Crippen LogP contribution in [0.25, 0.3) is 0 Å². The molecule has 5 nitrogen and oxygen atoms in total. The van der Waals surface area contributed by atoms with Gasteiger partial charge in [0.15, 0.2) is 0 Å². The zero-order valence-corrected chi connectivity index (χ0v) is 11.9. The molecule has 19 heavy (non-hydrogen) atoms. The van der Waals surface area contributed by atoms with Gasteiger partial charge in [-0.2, -0.15) is 5.10 Å². The first kappa shape index (κ1) is 13.9. The van der Waals surface area contributed by atoms with Gasteiger partial charge >= 0.3 is 6.03 Å². The van der Waals surface area contributed by atoms with Gasteiger partial charge in [-0.3, -0.25) is 4.68 Å². The van der Waals surface area contributed by atoms with Crippen molar-refractivity contribution in [3.05, 3.63) is 12.4 Å². The van der Waals surface area contributed by atoms with Crippen LogP contribution in [0.3, 0.4) is 0 Å². The third-order valence-electron chi connectivity index (χ3n) is 3.53. The Labute approximate surface area is 115 Å². The van der Waals surface area contributed by atoms with Gasteiger partial charge in [0.2, 0.25) is 0 Å². The number of urea groups is 1. The molecule has 1 aliphatic heterocycles. The maximum Gasteiger partial charge on any atom is 0.321 e. The van der Waals surface area contributed by atoms with Crippen LogP contribution in [0.5, 0.6) is 0 Å². The molecule has 0 atom stereocenters. The molecule has 1 aromatic rings. The molecule has 1 fully saturated rings. The molecule has 2 heterocycles. The summed E-state index contributed by atoms with van der Waals surface area (Å²) in [5, 5.41) is 7.17. The van der Waals surface area contributed by atoms with E-state index in [2.05, 4.69) is 24.3 Å². The fourth-order valence-corrected chi connectivity index (χ4v) is 2.34. The molecule has 1 aliphatic rings. The van der Waals surface area contributed by atoms with Crippen LogP contribution >= 0.6 is 0 Å². The minimum absolute atomic E-state index is 0.00482. The summed E-state index contributed by atoms with van der Waals surface area (Å²) in [5.41, 5.74) is 0.778. The van der Waals surface area contributed by atoms with Crippen molar-refractivity contribution in [2.75, 3.05) is 18.4 Å². The minimum Gasteiger partial charge on any atom is -0.325 e.